The van der Waals surface area contributed by atoms with Crippen LogP contribution >= 0.6 is 0 Å². The van der Waals surface area contributed by atoms with E-state index in [1.165, 1.54) is 0 Å². The maximum Gasteiger partial charge on any atom is 0.239 e. The first-order chi connectivity index (χ1) is 10.3. The number of β-amino-alcohol motifs (C(OH)–C–C–N with tert-alkyl or cyclic N) is 1. The van der Waals surface area contributed by atoms with E-state index in [4.69, 9.17) is 0 Å². The number of aryl methyl sites for hydroxylation is 2. The van der Waals surface area contributed by atoms with Gasteiger partial charge in [0.1, 0.15) is 5.82 Å². The smallest absolute Gasteiger partial charge is 0.239 e. The van der Waals surface area contributed by atoms with Crippen molar-refractivity contribution >= 4 is 11.7 Å². The number of hydrogen-bond acceptors (Lipinski definition) is 5. The molecule has 2 N–H and O–H groups in total. The van der Waals surface area contributed by atoms with E-state index in [0.717, 1.165) is 31.1 Å². The summed E-state index contributed by atoms with van der Waals surface area (Å²) < 4.78 is 1.68. The molecule has 124 valence electrons. The molecule has 1 fully saturated rings. The Labute approximate surface area is 131 Å². The van der Waals surface area contributed by atoms with Gasteiger partial charge >= 0.3 is 0 Å². The minimum absolute atomic E-state index is 0.0147. The van der Waals surface area contributed by atoms with Gasteiger partial charge in [-0.3, -0.25) is 19.3 Å². The van der Waals surface area contributed by atoms with Gasteiger partial charge in [0, 0.05) is 45.3 Å². The average Bonchev–Trinajstić information content (AvgIpc) is 2.70. The van der Waals surface area contributed by atoms with E-state index in [1.54, 1.807) is 4.68 Å². The summed E-state index contributed by atoms with van der Waals surface area (Å²) in [5.74, 6) is 0.711. The zero-order chi connectivity index (χ0) is 16.3. The minimum Gasteiger partial charge on any atom is -0.392 e. The van der Waals surface area contributed by atoms with Crippen LogP contribution in [0.1, 0.15) is 19.5 Å². The first-order valence-corrected chi connectivity index (χ1v) is 7.80. The van der Waals surface area contributed by atoms with Gasteiger partial charge in [0.15, 0.2) is 0 Å². The second-order valence-corrected chi connectivity index (χ2v) is 6.27. The third kappa shape index (κ3) is 4.53. The van der Waals surface area contributed by atoms with Crippen LogP contribution in [0.2, 0.25) is 0 Å². The van der Waals surface area contributed by atoms with E-state index < -0.39 is 0 Å². The van der Waals surface area contributed by atoms with Crippen molar-refractivity contribution in [3.8, 4) is 0 Å². The number of aliphatic hydroxyl groups is 1. The number of nitrogens with zero attached hydrogens (tertiary/aromatic N) is 4. The lowest BCUT2D eigenvalue weighted by atomic mass is 10.1. The fraction of sp³-hybridized carbons (Fsp3) is 0.733. The summed E-state index contributed by atoms with van der Waals surface area (Å²) in [6.45, 7) is 9.48. The Morgan fingerprint density at radius 3 is 2.82 bits per heavy atom. The third-order valence-corrected chi connectivity index (χ3v) is 3.98. The Morgan fingerprint density at radius 1 is 1.55 bits per heavy atom. The number of carbonyl (C=O) groups excluding carboxylic acids is 1. The molecule has 2 heterocycles. The van der Waals surface area contributed by atoms with Crippen molar-refractivity contribution in [1.82, 2.24) is 19.6 Å². The highest BCUT2D eigenvalue weighted by molar-refractivity contribution is 5.91. The Balaban J connectivity index is 1.82. The molecule has 1 aromatic heterocycles. The maximum atomic E-state index is 12.2. The molecular formula is C15H27N5O2. The van der Waals surface area contributed by atoms with E-state index in [-0.39, 0.29) is 12.0 Å². The van der Waals surface area contributed by atoms with Crippen molar-refractivity contribution in [3.05, 3.63) is 11.8 Å². The van der Waals surface area contributed by atoms with E-state index in [9.17, 15) is 9.90 Å². The monoisotopic (exact) mass is 309 g/mol. The molecule has 0 aliphatic carbocycles. The summed E-state index contributed by atoms with van der Waals surface area (Å²) in [4.78, 5) is 16.6. The highest BCUT2D eigenvalue weighted by Gasteiger charge is 2.25. The standard InChI is InChI=1S/C15H27N5O2/c1-11-7-14(18(4)17-11)16-15(22)10-19-5-6-20(9-13(3)21)12(2)8-19/h7,12-13,21H,5-6,8-10H2,1-4H3,(H,16,22)/t12-,13+/m0/s1. The van der Waals surface area contributed by atoms with Gasteiger partial charge in [-0.1, -0.05) is 0 Å². The number of nitrogens with one attached hydrogen (secondary N) is 1. The number of anilines is 1. The van der Waals surface area contributed by atoms with Crippen LogP contribution in [0, 0.1) is 6.92 Å². The van der Waals surface area contributed by atoms with Crippen LogP contribution in [0.5, 0.6) is 0 Å². The van der Waals surface area contributed by atoms with Crippen LogP contribution in [0.25, 0.3) is 0 Å². The van der Waals surface area contributed by atoms with Crippen LogP contribution in [0.15, 0.2) is 6.07 Å². The second-order valence-electron chi connectivity index (χ2n) is 6.27. The normalized spacial score (nSPS) is 21.8. The molecular weight excluding hydrogens is 282 g/mol. The molecule has 0 aromatic carbocycles. The third-order valence-electron chi connectivity index (χ3n) is 3.98. The number of rotatable bonds is 5. The van der Waals surface area contributed by atoms with Crippen LogP contribution in [0.4, 0.5) is 5.82 Å². The lowest BCUT2D eigenvalue weighted by Gasteiger charge is -2.40. The second kappa shape index (κ2) is 7.21. The zero-order valence-corrected chi connectivity index (χ0v) is 13.9. The highest BCUT2D eigenvalue weighted by atomic mass is 16.3. The van der Waals surface area contributed by atoms with Crippen LogP contribution in [-0.2, 0) is 11.8 Å². The first kappa shape index (κ1) is 16.9. The van der Waals surface area contributed by atoms with Crippen molar-refractivity contribution in [1.29, 1.82) is 0 Å². The summed E-state index contributed by atoms with van der Waals surface area (Å²) in [6.07, 6.45) is -0.314. The lowest BCUT2D eigenvalue weighted by molar-refractivity contribution is -0.118. The molecule has 0 saturated carbocycles. The van der Waals surface area contributed by atoms with Gasteiger partial charge in [0.2, 0.25) is 5.91 Å². The van der Waals surface area contributed by atoms with Crippen molar-refractivity contribution in [2.45, 2.75) is 32.9 Å². The van der Waals surface area contributed by atoms with Crippen LogP contribution in [0.3, 0.4) is 0 Å². The van der Waals surface area contributed by atoms with Gasteiger partial charge in [0.05, 0.1) is 18.3 Å². The average molecular weight is 309 g/mol. The molecule has 1 aliphatic heterocycles. The maximum absolute atomic E-state index is 12.2. The predicted molar refractivity (Wildman–Crippen MR) is 85.7 cm³/mol. The molecule has 22 heavy (non-hydrogen) atoms. The summed E-state index contributed by atoms with van der Waals surface area (Å²) >= 11 is 0. The molecule has 2 atom stereocenters. The van der Waals surface area contributed by atoms with Gasteiger partial charge in [-0.05, 0) is 20.8 Å². The Hall–Kier alpha value is -1.44. The van der Waals surface area contributed by atoms with Crippen molar-refractivity contribution in [2.75, 3.05) is 38.0 Å². The van der Waals surface area contributed by atoms with E-state index >= 15 is 0 Å². The number of amides is 1. The van der Waals surface area contributed by atoms with E-state index in [1.807, 2.05) is 27.0 Å². The number of piperazine rings is 1. The minimum atomic E-state index is -0.314. The summed E-state index contributed by atoms with van der Waals surface area (Å²) in [6, 6.07) is 2.20. The SMILES string of the molecule is Cc1cc(NC(=O)CN2CCN(C[C@@H](C)O)[C@@H](C)C2)n(C)n1. The van der Waals surface area contributed by atoms with Crippen molar-refractivity contribution in [2.24, 2.45) is 7.05 Å². The molecule has 0 radical (unpaired) electrons. The van der Waals surface area contributed by atoms with Crippen LogP contribution in [-0.4, -0.2) is 75.5 Å². The molecule has 7 heteroatoms. The summed E-state index contributed by atoms with van der Waals surface area (Å²) in [5, 5.41) is 16.6. The molecule has 1 saturated heterocycles. The Bertz CT molecular complexity index is 514. The molecule has 1 aliphatic rings. The largest absolute Gasteiger partial charge is 0.392 e. The fourth-order valence-corrected chi connectivity index (χ4v) is 2.94. The number of aromatic nitrogens is 2. The van der Waals surface area contributed by atoms with E-state index in [0.29, 0.717) is 19.1 Å². The fourth-order valence-electron chi connectivity index (χ4n) is 2.94. The molecule has 2 rings (SSSR count). The Kier molecular flexibility index (Phi) is 5.55. The number of carbonyl (C=O) groups is 1. The summed E-state index contributed by atoms with van der Waals surface area (Å²) in [5.41, 5.74) is 0.887. The van der Waals surface area contributed by atoms with Gasteiger partial charge in [0.25, 0.3) is 0 Å². The molecule has 1 amide bonds. The van der Waals surface area contributed by atoms with Crippen LogP contribution < -0.4 is 5.32 Å². The highest BCUT2D eigenvalue weighted by Crippen LogP contribution is 2.11. The molecule has 0 bridgehead atoms. The van der Waals surface area contributed by atoms with Gasteiger partial charge < -0.3 is 10.4 Å². The number of hydrogen-bond donors (Lipinski definition) is 2. The molecule has 7 nitrogen and oxygen atoms in total. The lowest BCUT2D eigenvalue weighted by Crippen LogP contribution is -2.54. The Morgan fingerprint density at radius 2 is 2.27 bits per heavy atom. The van der Waals surface area contributed by atoms with Crippen molar-refractivity contribution < 1.29 is 9.90 Å². The quantitative estimate of drug-likeness (QED) is 0.804. The van der Waals surface area contributed by atoms with E-state index in [2.05, 4.69) is 27.1 Å². The number of aliphatic hydroxyl groups excluding tert-OH is 1. The first-order valence-electron chi connectivity index (χ1n) is 7.80. The summed E-state index contributed by atoms with van der Waals surface area (Å²) in [7, 11) is 1.82. The predicted octanol–water partition coefficient (Wildman–Crippen LogP) is 0.0539. The molecule has 1 aromatic rings. The zero-order valence-electron chi connectivity index (χ0n) is 13.9. The molecule has 0 unspecified atom stereocenters. The van der Waals surface area contributed by atoms with Crippen molar-refractivity contribution in [3.63, 3.8) is 0 Å². The van der Waals surface area contributed by atoms with Gasteiger partial charge in [-0.15, -0.1) is 0 Å². The topological polar surface area (TPSA) is 73.6 Å². The molecule has 0 spiro atoms. The van der Waals surface area contributed by atoms with Gasteiger partial charge in [-0.25, -0.2) is 0 Å². The van der Waals surface area contributed by atoms with Gasteiger partial charge in [-0.2, -0.15) is 5.10 Å².